The minimum absolute atomic E-state index is 0.0818. The van der Waals surface area contributed by atoms with Crippen LogP contribution in [0.4, 0.5) is 4.39 Å². The molecule has 2 aromatic rings. The fourth-order valence-electron chi connectivity index (χ4n) is 2.59. The van der Waals surface area contributed by atoms with E-state index in [-0.39, 0.29) is 12.1 Å². The third kappa shape index (κ3) is 3.01. The molecule has 1 aromatic heterocycles. The fraction of sp³-hybridized carbons (Fsp3) is 0.375. The number of aromatic carboxylic acids is 1. The SMILES string of the molecule is O=C(O)c1ccc(F)c(CNCc2conc2C2CCC2)c1. The highest BCUT2D eigenvalue weighted by Gasteiger charge is 2.25. The van der Waals surface area contributed by atoms with Gasteiger partial charge in [0.2, 0.25) is 0 Å². The molecular formula is C16H17FN2O3. The van der Waals surface area contributed by atoms with Gasteiger partial charge in [-0.15, -0.1) is 0 Å². The van der Waals surface area contributed by atoms with Crippen molar-refractivity contribution in [3.05, 3.63) is 52.7 Å². The maximum Gasteiger partial charge on any atom is 0.335 e. The summed E-state index contributed by atoms with van der Waals surface area (Å²) in [7, 11) is 0. The molecule has 1 aliphatic carbocycles. The molecule has 6 heteroatoms. The smallest absolute Gasteiger partial charge is 0.335 e. The van der Waals surface area contributed by atoms with E-state index in [2.05, 4.69) is 10.5 Å². The molecule has 1 fully saturated rings. The van der Waals surface area contributed by atoms with E-state index in [1.165, 1.54) is 24.6 Å². The van der Waals surface area contributed by atoms with Crippen molar-refractivity contribution < 1.29 is 18.8 Å². The predicted molar refractivity (Wildman–Crippen MR) is 77.0 cm³/mol. The Morgan fingerprint density at radius 3 is 2.82 bits per heavy atom. The molecule has 22 heavy (non-hydrogen) atoms. The molecule has 1 aromatic carbocycles. The van der Waals surface area contributed by atoms with Crippen molar-refractivity contribution in [2.24, 2.45) is 0 Å². The topological polar surface area (TPSA) is 75.4 Å². The molecule has 0 unspecified atom stereocenters. The maximum absolute atomic E-state index is 13.7. The Labute approximate surface area is 127 Å². The van der Waals surface area contributed by atoms with Crippen LogP contribution in [0.15, 0.2) is 29.0 Å². The quantitative estimate of drug-likeness (QED) is 0.858. The number of benzene rings is 1. The zero-order valence-corrected chi connectivity index (χ0v) is 12.0. The lowest BCUT2D eigenvalue weighted by atomic mass is 9.81. The van der Waals surface area contributed by atoms with Gasteiger partial charge in [0.05, 0.1) is 11.3 Å². The number of halogens is 1. The second-order valence-corrected chi connectivity index (χ2v) is 5.57. The first-order valence-corrected chi connectivity index (χ1v) is 7.30. The molecule has 0 amide bonds. The third-order valence-electron chi connectivity index (χ3n) is 4.09. The molecular weight excluding hydrogens is 287 g/mol. The Balaban J connectivity index is 1.62. The van der Waals surface area contributed by atoms with Crippen molar-refractivity contribution in [2.45, 2.75) is 38.3 Å². The van der Waals surface area contributed by atoms with Crippen LogP contribution in [-0.2, 0) is 13.1 Å². The first-order valence-electron chi connectivity index (χ1n) is 7.30. The van der Waals surface area contributed by atoms with Crippen LogP contribution in [0, 0.1) is 5.82 Å². The molecule has 0 spiro atoms. The van der Waals surface area contributed by atoms with E-state index in [0.29, 0.717) is 18.0 Å². The average molecular weight is 304 g/mol. The molecule has 116 valence electrons. The second kappa shape index (κ2) is 6.27. The molecule has 2 N–H and O–H groups in total. The largest absolute Gasteiger partial charge is 0.478 e. The highest BCUT2D eigenvalue weighted by molar-refractivity contribution is 5.87. The van der Waals surface area contributed by atoms with Crippen LogP contribution in [0.5, 0.6) is 0 Å². The van der Waals surface area contributed by atoms with Gasteiger partial charge in [0.15, 0.2) is 0 Å². The average Bonchev–Trinajstić information content (AvgIpc) is 2.87. The van der Waals surface area contributed by atoms with Gasteiger partial charge in [0.1, 0.15) is 12.1 Å². The summed E-state index contributed by atoms with van der Waals surface area (Å²) < 4.78 is 18.7. The van der Waals surface area contributed by atoms with Crippen molar-refractivity contribution in [3.8, 4) is 0 Å². The van der Waals surface area contributed by atoms with Crippen molar-refractivity contribution >= 4 is 5.97 Å². The lowest BCUT2D eigenvalue weighted by Gasteiger charge is -2.23. The van der Waals surface area contributed by atoms with E-state index in [4.69, 9.17) is 9.63 Å². The Bertz CT molecular complexity index is 680. The van der Waals surface area contributed by atoms with Crippen molar-refractivity contribution in [3.63, 3.8) is 0 Å². The van der Waals surface area contributed by atoms with E-state index >= 15 is 0 Å². The molecule has 5 nitrogen and oxygen atoms in total. The molecule has 0 radical (unpaired) electrons. The maximum atomic E-state index is 13.7. The first kappa shape index (κ1) is 14.7. The van der Waals surface area contributed by atoms with E-state index in [0.717, 1.165) is 24.1 Å². The normalized spacial score (nSPS) is 14.8. The van der Waals surface area contributed by atoms with Gasteiger partial charge < -0.3 is 14.9 Å². The van der Waals surface area contributed by atoms with Crippen LogP contribution in [0.2, 0.25) is 0 Å². The second-order valence-electron chi connectivity index (χ2n) is 5.57. The van der Waals surface area contributed by atoms with E-state index < -0.39 is 11.8 Å². The number of nitrogens with zero attached hydrogens (tertiary/aromatic N) is 1. The number of hydrogen-bond acceptors (Lipinski definition) is 4. The van der Waals surface area contributed by atoms with Crippen LogP contribution >= 0.6 is 0 Å². The van der Waals surface area contributed by atoms with Gasteiger partial charge in [-0.05, 0) is 31.0 Å². The number of aromatic nitrogens is 1. The summed E-state index contributed by atoms with van der Waals surface area (Å²) in [6.07, 6.45) is 5.10. The first-order chi connectivity index (χ1) is 10.6. The molecule has 3 rings (SSSR count). The van der Waals surface area contributed by atoms with E-state index in [1.54, 1.807) is 6.26 Å². The van der Waals surface area contributed by atoms with Gasteiger partial charge in [-0.3, -0.25) is 0 Å². The monoisotopic (exact) mass is 304 g/mol. The van der Waals surface area contributed by atoms with Gasteiger partial charge in [-0.25, -0.2) is 9.18 Å². The minimum atomic E-state index is -1.06. The predicted octanol–water partition coefficient (Wildman–Crippen LogP) is 3.07. The van der Waals surface area contributed by atoms with Crippen LogP contribution < -0.4 is 5.32 Å². The van der Waals surface area contributed by atoms with Crippen LogP contribution in [0.3, 0.4) is 0 Å². The van der Waals surface area contributed by atoms with E-state index in [9.17, 15) is 9.18 Å². The van der Waals surface area contributed by atoms with Crippen molar-refractivity contribution in [1.82, 2.24) is 10.5 Å². The minimum Gasteiger partial charge on any atom is -0.478 e. The summed E-state index contributed by atoms with van der Waals surface area (Å²) >= 11 is 0. The van der Waals surface area contributed by atoms with Crippen molar-refractivity contribution in [2.75, 3.05) is 0 Å². The number of carbonyl (C=O) groups is 1. The lowest BCUT2D eigenvalue weighted by Crippen LogP contribution is -2.17. The molecule has 0 saturated heterocycles. The Morgan fingerprint density at radius 1 is 1.36 bits per heavy atom. The van der Waals surface area contributed by atoms with Crippen LogP contribution in [0.1, 0.15) is 52.4 Å². The summed E-state index contributed by atoms with van der Waals surface area (Å²) in [5.41, 5.74) is 2.39. The zero-order valence-electron chi connectivity index (χ0n) is 12.0. The van der Waals surface area contributed by atoms with Gasteiger partial charge in [-0.1, -0.05) is 11.6 Å². The summed E-state index contributed by atoms with van der Waals surface area (Å²) in [5.74, 6) is -1.00. The van der Waals surface area contributed by atoms with Gasteiger partial charge >= 0.3 is 5.97 Å². The standard InChI is InChI=1S/C16H17FN2O3/c17-14-5-4-11(16(20)21)6-12(14)7-18-8-13-9-22-19-15(13)10-2-1-3-10/h4-6,9-10,18H,1-3,7-8H2,(H,20,21). The van der Waals surface area contributed by atoms with Crippen LogP contribution in [-0.4, -0.2) is 16.2 Å². The van der Waals surface area contributed by atoms with Crippen LogP contribution in [0.25, 0.3) is 0 Å². The highest BCUT2D eigenvalue weighted by atomic mass is 19.1. The zero-order chi connectivity index (χ0) is 15.5. The lowest BCUT2D eigenvalue weighted by molar-refractivity contribution is 0.0696. The number of rotatable bonds is 6. The Morgan fingerprint density at radius 2 is 2.14 bits per heavy atom. The number of carboxylic acids is 1. The number of hydrogen-bond donors (Lipinski definition) is 2. The molecule has 1 aliphatic rings. The summed E-state index contributed by atoms with van der Waals surface area (Å²) in [6, 6.07) is 3.79. The molecule has 0 bridgehead atoms. The number of carboxylic acid groups (broad SMARTS) is 1. The summed E-state index contributed by atoms with van der Waals surface area (Å²) in [5, 5.41) is 16.1. The number of nitrogens with one attached hydrogen (secondary N) is 1. The summed E-state index contributed by atoms with van der Waals surface area (Å²) in [4.78, 5) is 10.9. The van der Waals surface area contributed by atoms with Gasteiger partial charge in [-0.2, -0.15) is 0 Å². The highest BCUT2D eigenvalue weighted by Crippen LogP contribution is 2.37. The molecule has 1 saturated carbocycles. The molecule has 0 atom stereocenters. The summed E-state index contributed by atoms with van der Waals surface area (Å²) in [6.45, 7) is 0.772. The van der Waals surface area contributed by atoms with Crippen molar-refractivity contribution in [1.29, 1.82) is 0 Å². The molecule has 0 aliphatic heterocycles. The Kier molecular flexibility index (Phi) is 4.20. The van der Waals surface area contributed by atoms with Gasteiger partial charge in [0, 0.05) is 30.1 Å². The third-order valence-corrected chi connectivity index (χ3v) is 4.09. The van der Waals surface area contributed by atoms with E-state index in [1.807, 2.05) is 0 Å². The molecule has 1 heterocycles. The Hall–Kier alpha value is -2.21. The fourth-order valence-corrected chi connectivity index (χ4v) is 2.59. The van der Waals surface area contributed by atoms with Gasteiger partial charge in [0.25, 0.3) is 0 Å².